The van der Waals surface area contributed by atoms with Crippen LogP contribution in [0.25, 0.3) is 0 Å². The third kappa shape index (κ3) is 2.84. The van der Waals surface area contributed by atoms with Crippen LogP contribution in [0.3, 0.4) is 0 Å². The summed E-state index contributed by atoms with van der Waals surface area (Å²) in [7, 11) is 0. The first-order valence-corrected chi connectivity index (χ1v) is 9.03. The molecule has 1 aliphatic carbocycles. The second-order valence-corrected chi connectivity index (χ2v) is 6.91. The minimum absolute atomic E-state index is 0.0109. The van der Waals surface area contributed by atoms with Crippen molar-refractivity contribution in [3.05, 3.63) is 35.4 Å². The largest absolute Gasteiger partial charge is 0.374 e. The van der Waals surface area contributed by atoms with Gasteiger partial charge in [-0.05, 0) is 25.0 Å². The van der Waals surface area contributed by atoms with E-state index in [4.69, 9.17) is 4.74 Å². The van der Waals surface area contributed by atoms with E-state index in [1.54, 1.807) is 24.3 Å². The Kier molecular flexibility index (Phi) is 4.29. The van der Waals surface area contributed by atoms with Gasteiger partial charge in [0, 0.05) is 19.5 Å². The number of nitrogens with zero attached hydrogens (tertiary/aromatic N) is 2. The third-order valence-corrected chi connectivity index (χ3v) is 5.48. The van der Waals surface area contributed by atoms with Crippen LogP contribution in [-0.2, 0) is 9.53 Å². The highest BCUT2D eigenvalue weighted by molar-refractivity contribution is 6.21. The van der Waals surface area contributed by atoms with E-state index in [1.165, 1.54) is 4.90 Å². The van der Waals surface area contributed by atoms with Gasteiger partial charge in [0.1, 0.15) is 0 Å². The van der Waals surface area contributed by atoms with E-state index in [2.05, 4.69) is 0 Å². The highest BCUT2D eigenvalue weighted by Gasteiger charge is 2.38. The first-order valence-electron chi connectivity index (χ1n) is 9.03. The van der Waals surface area contributed by atoms with Gasteiger partial charge in [-0.25, -0.2) is 0 Å². The average Bonchev–Trinajstić information content (AvgIpc) is 2.90. The van der Waals surface area contributed by atoms with Crippen LogP contribution in [0.15, 0.2) is 24.3 Å². The number of hydrogen-bond donors (Lipinski definition) is 0. The minimum Gasteiger partial charge on any atom is -0.374 e. The number of carbonyl (C=O) groups is 3. The standard InChI is InChI=1S/C19H22N2O4/c22-17(20-11-12-25-16-8-4-3-7-15(16)20)9-10-21-18(23)13-5-1-2-6-14(13)19(21)24/h1-2,5-6,15-16H,3-4,7-12H2. The number of morpholine rings is 1. The van der Waals surface area contributed by atoms with E-state index in [-0.39, 0.29) is 42.8 Å². The fraction of sp³-hybridized carbons (Fsp3) is 0.526. The number of fused-ring (bicyclic) bond motifs is 2. The minimum atomic E-state index is -0.300. The lowest BCUT2D eigenvalue weighted by Gasteiger charge is -2.44. The Morgan fingerprint density at radius 1 is 1.08 bits per heavy atom. The molecular formula is C19H22N2O4. The second kappa shape index (κ2) is 6.59. The van der Waals surface area contributed by atoms with Gasteiger partial charge < -0.3 is 9.64 Å². The molecule has 2 heterocycles. The molecule has 4 rings (SSSR count). The Hall–Kier alpha value is -2.21. The lowest BCUT2D eigenvalue weighted by atomic mass is 9.90. The first-order chi connectivity index (χ1) is 12.2. The topological polar surface area (TPSA) is 66.9 Å². The predicted octanol–water partition coefficient (Wildman–Crippen LogP) is 1.84. The van der Waals surface area contributed by atoms with Crippen molar-refractivity contribution in [2.45, 2.75) is 44.2 Å². The van der Waals surface area contributed by atoms with Crippen molar-refractivity contribution in [2.24, 2.45) is 0 Å². The fourth-order valence-corrected chi connectivity index (χ4v) is 4.20. The van der Waals surface area contributed by atoms with Crippen LogP contribution in [0.2, 0.25) is 0 Å². The highest BCUT2D eigenvalue weighted by atomic mass is 16.5. The number of ether oxygens (including phenoxy) is 1. The Morgan fingerprint density at radius 2 is 1.76 bits per heavy atom. The van der Waals surface area contributed by atoms with Crippen LogP contribution < -0.4 is 0 Å². The molecule has 1 saturated heterocycles. The smallest absolute Gasteiger partial charge is 0.261 e. The van der Waals surface area contributed by atoms with Crippen molar-refractivity contribution < 1.29 is 19.1 Å². The Bertz CT molecular complexity index is 680. The first kappa shape index (κ1) is 16.3. The van der Waals surface area contributed by atoms with Crippen LogP contribution in [0, 0.1) is 0 Å². The third-order valence-electron chi connectivity index (χ3n) is 5.48. The maximum absolute atomic E-state index is 12.7. The van der Waals surface area contributed by atoms with Crippen LogP contribution >= 0.6 is 0 Å². The van der Waals surface area contributed by atoms with Gasteiger partial charge in [-0.3, -0.25) is 19.3 Å². The van der Waals surface area contributed by atoms with Gasteiger partial charge in [0.2, 0.25) is 5.91 Å². The summed E-state index contributed by atoms with van der Waals surface area (Å²) in [5.74, 6) is -0.589. The zero-order valence-corrected chi connectivity index (χ0v) is 14.1. The SMILES string of the molecule is O=C1c2ccccc2C(=O)N1CCC(=O)N1CCOC2CCCCC21. The molecule has 0 aromatic heterocycles. The van der Waals surface area contributed by atoms with Crippen LogP contribution in [-0.4, -0.2) is 59.4 Å². The molecule has 2 atom stereocenters. The van der Waals surface area contributed by atoms with Gasteiger partial charge in [0.15, 0.2) is 0 Å². The van der Waals surface area contributed by atoms with Crippen molar-refractivity contribution in [1.82, 2.24) is 9.80 Å². The number of carbonyl (C=O) groups excluding carboxylic acids is 3. The number of imide groups is 1. The molecule has 2 unspecified atom stereocenters. The second-order valence-electron chi connectivity index (χ2n) is 6.91. The zero-order valence-electron chi connectivity index (χ0n) is 14.1. The van der Waals surface area contributed by atoms with Crippen LogP contribution in [0.1, 0.15) is 52.8 Å². The summed E-state index contributed by atoms with van der Waals surface area (Å²) in [6.07, 6.45) is 4.57. The molecule has 2 fully saturated rings. The van der Waals surface area contributed by atoms with E-state index >= 15 is 0 Å². The molecule has 3 aliphatic rings. The fourth-order valence-electron chi connectivity index (χ4n) is 4.20. The van der Waals surface area contributed by atoms with E-state index in [1.807, 2.05) is 4.90 Å². The van der Waals surface area contributed by atoms with Crippen molar-refractivity contribution in [2.75, 3.05) is 19.7 Å². The number of hydrogen-bond acceptors (Lipinski definition) is 4. The summed E-state index contributed by atoms with van der Waals surface area (Å²) in [6.45, 7) is 1.31. The average molecular weight is 342 g/mol. The monoisotopic (exact) mass is 342 g/mol. The summed E-state index contributed by atoms with van der Waals surface area (Å²) >= 11 is 0. The summed E-state index contributed by atoms with van der Waals surface area (Å²) in [4.78, 5) is 40.6. The molecule has 0 radical (unpaired) electrons. The predicted molar refractivity (Wildman–Crippen MR) is 90.1 cm³/mol. The summed E-state index contributed by atoms with van der Waals surface area (Å²) < 4.78 is 5.80. The summed E-state index contributed by atoms with van der Waals surface area (Å²) in [6, 6.07) is 6.96. The van der Waals surface area contributed by atoms with Crippen molar-refractivity contribution in [1.29, 1.82) is 0 Å². The molecule has 2 aliphatic heterocycles. The van der Waals surface area contributed by atoms with Crippen LogP contribution in [0.4, 0.5) is 0 Å². The van der Waals surface area contributed by atoms with E-state index in [9.17, 15) is 14.4 Å². The Morgan fingerprint density at radius 3 is 2.48 bits per heavy atom. The van der Waals surface area contributed by atoms with Gasteiger partial charge >= 0.3 is 0 Å². The molecule has 1 aromatic carbocycles. The van der Waals surface area contributed by atoms with E-state index < -0.39 is 0 Å². The molecule has 3 amide bonds. The molecule has 0 spiro atoms. The van der Waals surface area contributed by atoms with Gasteiger partial charge in [0.25, 0.3) is 11.8 Å². The molecule has 6 nitrogen and oxygen atoms in total. The quantitative estimate of drug-likeness (QED) is 0.786. The lowest BCUT2D eigenvalue weighted by Crippen LogP contribution is -2.55. The molecule has 0 N–H and O–H groups in total. The normalized spacial score (nSPS) is 25.8. The van der Waals surface area contributed by atoms with Crippen LogP contribution in [0.5, 0.6) is 0 Å². The molecule has 1 saturated carbocycles. The number of amides is 3. The molecule has 1 aromatic rings. The van der Waals surface area contributed by atoms with E-state index in [0.29, 0.717) is 24.3 Å². The lowest BCUT2D eigenvalue weighted by molar-refractivity contribution is -0.149. The van der Waals surface area contributed by atoms with E-state index in [0.717, 1.165) is 25.7 Å². The number of benzene rings is 1. The molecule has 0 bridgehead atoms. The van der Waals surface area contributed by atoms with Crippen molar-refractivity contribution in [3.63, 3.8) is 0 Å². The van der Waals surface area contributed by atoms with Crippen molar-refractivity contribution in [3.8, 4) is 0 Å². The van der Waals surface area contributed by atoms with Gasteiger partial charge in [0.05, 0.1) is 29.9 Å². The van der Waals surface area contributed by atoms with Gasteiger partial charge in [-0.15, -0.1) is 0 Å². The molecule has 6 heteroatoms. The van der Waals surface area contributed by atoms with Gasteiger partial charge in [-0.2, -0.15) is 0 Å². The zero-order chi connectivity index (χ0) is 17.4. The van der Waals surface area contributed by atoms with Gasteiger partial charge in [-0.1, -0.05) is 25.0 Å². The molecule has 25 heavy (non-hydrogen) atoms. The summed E-state index contributed by atoms with van der Waals surface area (Å²) in [5, 5.41) is 0. The maximum atomic E-state index is 12.7. The molecular weight excluding hydrogens is 320 g/mol. The molecule has 132 valence electrons. The Balaban J connectivity index is 1.41. The maximum Gasteiger partial charge on any atom is 0.261 e. The summed E-state index contributed by atoms with van der Waals surface area (Å²) in [5.41, 5.74) is 0.859. The highest BCUT2D eigenvalue weighted by Crippen LogP contribution is 2.29. The Labute approximate surface area is 146 Å². The number of rotatable bonds is 3. The van der Waals surface area contributed by atoms with Crippen molar-refractivity contribution >= 4 is 17.7 Å².